The van der Waals surface area contributed by atoms with Gasteiger partial charge in [-0.1, -0.05) is 48.5 Å². The highest BCUT2D eigenvalue weighted by molar-refractivity contribution is 5.95. The van der Waals surface area contributed by atoms with Crippen LogP contribution in [-0.4, -0.2) is 32.8 Å². The Labute approximate surface area is 165 Å². The van der Waals surface area contributed by atoms with Gasteiger partial charge >= 0.3 is 0 Å². The maximum Gasteiger partial charge on any atom is 0.250 e. The molecule has 0 saturated heterocycles. The Balaban J connectivity index is 1.49. The minimum atomic E-state index is -0.200. The van der Waals surface area contributed by atoms with Crippen LogP contribution in [0.3, 0.4) is 0 Å². The normalized spacial score (nSPS) is 10.3. The summed E-state index contributed by atoms with van der Waals surface area (Å²) in [7, 11) is 1.97. The van der Waals surface area contributed by atoms with Crippen LogP contribution in [0.25, 0.3) is 0 Å². The van der Waals surface area contributed by atoms with Crippen molar-refractivity contribution < 1.29 is 14.3 Å². The summed E-state index contributed by atoms with van der Waals surface area (Å²) in [6, 6.07) is 27.2. The predicted molar refractivity (Wildman–Crippen MR) is 112 cm³/mol. The summed E-state index contributed by atoms with van der Waals surface area (Å²) in [6.07, 6.45) is 0. The average Bonchev–Trinajstić information content (AvgIpc) is 2.75. The van der Waals surface area contributed by atoms with Gasteiger partial charge in [0.2, 0.25) is 5.91 Å². The van der Waals surface area contributed by atoms with Crippen LogP contribution in [0, 0.1) is 0 Å². The van der Waals surface area contributed by atoms with Crippen molar-refractivity contribution in [1.82, 2.24) is 0 Å². The van der Waals surface area contributed by atoms with Crippen molar-refractivity contribution in [2.75, 3.05) is 37.1 Å². The van der Waals surface area contributed by atoms with Gasteiger partial charge in [0.05, 0.1) is 18.0 Å². The smallest absolute Gasteiger partial charge is 0.250 e. The van der Waals surface area contributed by atoms with Crippen molar-refractivity contribution in [2.45, 2.75) is 0 Å². The predicted octanol–water partition coefficient (Wildman–Crippen LogP) is 4.49. The number of anilines is 3. The molecular formula is C23H24N2O3. The molecule has 0 unspecified atom stereocenters. The summed E-state index contributed by atoms with van der Waals surface area (Å²) in [6.45, 7) is 0.708. The van der Waals surface area contributed by atoms with Gasteiger partial charge in [0.1, 0.15) is 19.0 Å². The van der Waals surface area contributed by atoms with Crippen LogP contribution in [0.1, 0.15) is 0 Å². The number of para-hydroxylation sites is 4. The Bertz CT molecular complexity index is 869. The second kappa shape index (κ2) is 10.1. The molecule has 0 aliphatic carbocycles. The highest BCUT2D eigenvalue weighted by Crippen LogP contribution is 2.30. The maximum atomic E-state index is 12.3. The Hall–Kier alpha value is -3.31. The lowest BCUT2D eigenvalue weighted by molar-refractivity contribution is -0.120. The Morgan fingerprint density at radius 2 is 1.50 bits per heavy atom. The van der Waals surface area contributed by atoms with Gasteiger partial charge in [-0.25, -0.2) is 0 Å². The van der Waals surface area contributed by atoms with Gasteiger partial charge in [0.15, 0.2) is 0 Å². The minimum absolute atomic E-state index is 0.0263. The molecule has 0 saturated carbocycles. The van der Waals surface area contributed by atoms with E-state index in [1.54, 1.807) is 0 Å². The molecule has 0 heterocycles. The number of hydrogen-bond acceptors (Lipinski definition) is 4. The number of carbonyl (C=O) groups excluding carboxylic acids is 1. The molecule has 0 aliphatic heterocycles. The van der Waals surface area contributed by atoms with E-state index in [9.17, 15) is 4.79 Å². The van der Waals surface area contributed by atoms with Crippen molar-refractivity contribution in [3.63, 3.8) is 0 Å². The Morgan fingerprint density at radius 1 is 0.857 bits per heavy atom. The molecule has 1 N–H and O–H groups in total. The third-order valence-corrected chi connectivity index (χ3v) is 4.16. The number of hydrogen-bond donors (Lipinski definition) is 1. The molecule has 3 aromatic carbocycles. The van der Waals surface area contributed by atoms with Crippen molar-refractivity contribution in [3.8, 4) is 5.75 Å². The van der Waals surface area contributed by atoms with E-state index in [0.29, 0.717) is 13.2 Å². The van der Waals surface area contributed by atoms with E-state index in [0.717, 1.165) is 22.8 Å². The summed E-state index contributed by atoms with van der Waals surface area (Å²) in [4.78, 5) is 14.3. The van der Waals surface area contributed by atoms with Gasteiger partial charge < -0.3 is 19.7 Å². The number of ether oxygens (including phenoxy) is 2. The zero-order valence-electron chi connectivity index (χ0n) is 15.9. The van der Waals surface area contributed by atoms with Gasteiger partial charge in [-0.15, -0.1) is 0 Å². The highest BCUT2D eigenvalue weighted by Gasteiger charge is 2.11. The van der Waals surface area contributed by atoms with Crippen LogP contribution in [-0.2, 0) is 9.53 Å². The first-order valence-corrected chi connectivity index (χ1v) is 9.17. The average molecular weight is 376 g/mol. The van der Waals surface area contributed by atoms with Crippen molar-refractivity contribution in [3.05, 3.63) is 84.9 Å². The molecule has 0 fully saturated rings. The van der Waals surface area contributed by atoms with E-state index in [2.05, 4.69) is 5.32 Å². The Kier molecular flexibility index (Phi) is 7.04. The fourth-order valence-corrected chi connectivity index (χ4v) is 2.75. The van der Waals surface area contributed by atoms with E-state index in [1.165, 1.54) is 0 Å². The van der Waals surface area contributed by atoms with E-state index in [4.69, 9.17) is 9.47 Å². The highest BCUT2D eigenvalue weighted by atomic mass is 16.5. The number of benzene rings is 3. The van der Waals surface area contributed by atoms with E-state index < -0.39 is 0 Å². The van der Waals surface area contributed by atoms with Gasteiger partial charge in [-0.2, -0.15) is 0 Å². The number of rotatable bonds is 9. The van der Waals surface area contributed by atoms with Crippen LogP contribution in [0.4, 0.5) is 17.1 Å². The number of nitrogens with zero attached hydrogens (tertiary/aromatic N) is 1. The molecule has 0 radical (unpaired) electrons. The molecule has 5 heteroatoms. The van der Waals surface area contributed by atoms with Crippen molar-refractivity contribution in [2.24, 2.45) is 0 Å². The molecular weight excluding hydrogens is 352 g/mol. The summed E-state index contributed by atoms with van der Waals surface area (Å²) < 4.78 is 11.0. The maximum absolute atomic E-state index is 12.3. The molecule has 28 heavy (non-hydrogen) atoms. The first kappa shape index (κ1) is 19.5. The van der Waals surface area contributed by atoms with Crippen molar-refractivity contribution >= 4 is 23.0 Å². The first-order chi connectivity index (χ1) is 13.7. The zero-order valence-corrected chi connectivity index (χ0v) is 15.9. The lowest BCUT2D eigenvalue weighted by Gasteiger charge is -2.22. The van der Waals surface area contributed by atoms with Gasteiger partial charge in [0, 0.05) is 12.7 Å². The molecule has 0 spiro atoms. The molecule has 0 atom stereocenters. The summed E-state index contributed by atoms with van der Waals surface area (Å²) in [5.74, 6) is 0.585. The van der Waals surface area contributed by atoms with E-state index >= 15 is 0 Å². The lowest BCUT2D eigenvalue weighted by atomic mass is 10.2. The molecule has 3 rings (SSSR count). The van der Waals surface area contributed by atoms with Gasteiger partial charge in [0.25, 0.3) is 0 Å². The molecule has 1 amide bonds. The molecule has 0 bridgehead atoms. The Morgan fingerprint density at radius 3 is 2.25 bits per heavy atom. The van der Waals surface area contributed by atoms with E-state index in [-0.39, 0.29) is 12.5 Å². The summed E-state index contributed by atoms with van der Waals surface area (Å²) in [5.41, 5.74) is 2.69. The second-order valence-corrected chi connectivity index (χ2v) is 6.17. The SMILES string of the molecule is CN(c1ccccc1)c1ccccc1NC(=O)COCCOc1ccccc1. The van der Waals surface area contributed by atoms with Crippen LogP contribution in [0.15, 0.2) is 84.9 Å². The van der Waals surface area contributed by atoms with Gasteiger partial charge in [-0.05, 0) is 36.4 Å². The van der Waals surface area contributed by atoms with Gasteiger partial charge in [-0.3, -0.25) is 4.79 Å². The quantitative estimate of drug-likeness (QED) is 0.559. The molecule has 0 aromatic heterocycles. The third-order valence-electron chi connectivity index (χ3n) is 4.16. The van der Waals surface area contributed by atoms with E-state index in [1.807, 2.05) is 96.9 Å². The molecule has 3 aromatic rings. The zero-order chi connectivity index (χ0) is 19.6. The molecule has 144 valence electrons. The van der Waals surface area contributed by atoms with Crippen LogP contribution >= 0.6 is 0 Å². The third kappa shape index (κ3) is 5.59. The monoisotopic (exact) mass is 376 g/mol. The largest absolute Gasteiger partial charge is 0.491 e. The van der Waals surface area contributed by atoms with Crippen molar-refractivity contribution in [1.29, 1.82) is 0 Å². The number of nitrogens with one attached hydrogen (secondary N) is 1. The fourth-order valence-electron chi connectivity index (χ4n) is 2.75. The lowest BCUT2D eigenvalue weighted by Crippen LogP contribution is -2.22. The fraction of sp³-hybridized carbons (Fsp3) is 0.174. The number of amides is 1. The molecule has 5 nitrogen and oxygen atoms in total. The number of carbonyl (C=O) groups is 1. The minimum Gasteiger partial charge on any atom is -0.491 e. The second-order valence-electron chi connectivity index (χ2n) is 6.17. The molecule has 0 aliphatic rings. The van der Waals surface area contributed by atoms with Crippen LogP contribution < -0.4 is 15.0 Å². The van der Waals surface area contributed by atoms with Crippen LogP contribution in [0.2, 0.25) is 0 Å². The standard InChI is InChI=1S/C23H24N2O3/c1-25(19-10-4-2-5-11-19)22-15-9-8-14-21(22)24-23(26)18-27-16-17-28-20-12-6-3-7-13-20/h2-15H,16-18H2,1H3,(H,24,26). The first-order valence-electron chi connectivity index (χ1n) is 9.17. The van der Waals surface area contributed by atoms with Crippen LogP contribution in [0.5, 0.6) is 5.75 Å². The topological polar surface area (TPSA) is 50.8 Å². The summed E-state index contributed by atoms with van der Waals surface area (Å²) >= 11 is 0. The summed E-state index contributed by atoms with van der Waals surface area (Å²) in [5, 5.41) is 2.92.